The minimum absolute atomic E-state index is 0.0865. The van der Waals surface area contributed by atoms with Gasteiger partial charge in [0.1, 0.15) is 12.8 Å². The van der Waals surface area contributed by atoms with Crippen LogP contribution in [0.4, 0.5) is 0 Å². The molecule has 4 nitrogen and oxygen atoms in total. The van der Waals surface area contributed by atoms with Gasteiger partial charge in [-0.3, -0.25) is 0 Å². The Bertz CT molecular complexity index is 134. The zero-order valence-corrected chi connectivity index (χ0v) is 6.26. The summed E-state index contributed by atoms with van der Waals surface area (Å²) in [5.41, 5.74) is 0.529. The molecule has 0 amide bonds. The summed E-state index contributed by atoms with van der Waals surface area (Å²) in [6, 6.07) is 0. The Morgan fingerprint density at radius 1 is 1.89 bits per heavy atom. The van der Waals surface area contributed by atoms with E-state index in [-0.39, 0.29) is 6.16 Å². The second kappa shape index (κ2) is 4.41. The van der Waals surface area contributed by atoms with Crippen molar-refractivity contribution < 1.29 is 14.3 Å². The number of oxime groups is 1. The first-order valence-corrected chi connectivity index (χ1v) is 3.76. The molecule has 1 unspecified atom stereocenters. The summed E-state index contributed by atoms with van der Waals surface area (Å²) in [7, 11) is -0.715. The maximum Gasteiger partial charge on any atom is 0.511 e. The second-order valence-electron chi connectivity index (χ2n) is 1.52. The molecule has 0 fully saturated rings. The van der Waals surface area contributed by atoms with E-state index in [2.05, 4.69) is 9.99 Å². The molecule has 0 aromatic carbocycles. The van der Waals surface area contributed by atoms with E-state index in [0.717, 1.165) is 0 Å². The summed E-state index contributed by atoms with van der Waals surface area (Å²) in [6.07, 6.45) is 0.0865. The molecule has 9 heavy (non-hydrogen) atoms. The lowest BCUT2D eigenvalue weighted by Gasteiger charge is -1.85. The van der Waals surface area contributed by atoms with E-state index in [1.165, 1.54) is 7.11 Å². The van der Waals surface area contributed by atoms with Crippen LogP contribution in [0.5, 0.6) is 0 Å². The molecule has 0 aromatic heterocycles. The third-order valence-electron chi connectivity index (χ3n) is 0.611. The summed E-state index contributed by atoms with van der Waals surface area (Å²) < 4.78 is 10.1. The summed E-state index contributed by atoms with van der Waals surface area (Å²) >= 11 is 0. The van der Waals surface area contributed by atoms with Gasteiger partial charge in [0.15, 0.2) is 0 Å². The summed E-state index contributed by atoms with van der Waals surface area (Å²) in [4.78, 5) is 12.7. The van der Waals surface area contributed by atoms with Crippen LogP contribution >= 0.6 is 8.03 Å². The lowest BCUT2D eigenvalue weighted by atomic mass is 10.5. The van der Waals surface area contributed by atoms with Gasteiger partial charge in [0.25, 0.3) is 0 Å². The van der Waals surface area contributed by atoms with Gasteiger partial charge in [-0.25, -0.2) is 0 Å². The molecule has 0 spiro atoms. The van der Waals surface area contributed by atoms with Crippen molar-refractivity contribution in [3.63, 3.8) is 0 Å². The van der Waals surface area contributed by atoms with Crippen molar-refractivity contribution in [2.45, 2.75) is 6.92 Å². The third kappa shape index (κ3) is 5.40. The fraction of sp³-hybridized carbons (Fsp3) is 0.750. The predicted molar refractivity (Wildman–Crippen MR) is 34.8 cm³/mol. The molecule has 0 saturated heterocycles. The number of nitrogens with zero attached hydrogens (tertiary/aromatic N) is 1. The maximum absolute atomic E-state index is 10.1. The highest BCUT2D eigenvalue weighted by molar-refractivity contribution is 7.39. The van der Waals surface area contributed by atoms with Gasteiger partial charge < -0.3 is 4.84 Å². The van der Waals surface area contributed by atoms with E-state index in [1.807, 2.05) is 0 Å². The van der Waals surface area contributed by atoms with Crippen LogP contribution in [-0.4, -0.2) is 23.9 Å². The normalized spacial score (nSPS) is 13.2. The van der Waals surface area contributed by atoms with Crippen molar-refractivity contribution in [2.24, 2.45) is 5.16 Å². The van der Waals surface area contributed by atoms with E-state index < -0.39 is 8.03 Å². The van der Waals surface area contributed by atoms with Gasteiger partial charge in [0.2, 0.25) is 6.16 Å². The van der Waals surface area contributed by atoms with Crippen LogP contribution in [-0.2, 0) is 9.40 Å². The first kappa shape index (κ1) is 8.53. The molecule has 0 aliphatic carbocycles. The molecule has 52 valence electrons. The van der Waals surface area contributed by atoms with Gasteiger partial charge >= 0.3 is 8.03 Å². The molecule has 0 aromatic rings. The van der Waals surface area contributed by atoms with E-state index in [1.54, 1.807) is 6.92 Å². The number of hydrogen-bond donors (Lipinski definition) is 1. The molecule has 1 N–H and O–H groups in total. The van der Waals surface area contributed by atoms with Gasteiger partial charge in [-0.05, 0) is 11.5 Å². The first-order chi connectivity index (χ1) is 4.16. The SMILES string of the molecule is CON=C(C)C[P+](=O)O. The van der Waals surface area contributed by atoms with E-state index >= 15 is 0 Å². The zero-order valence-electron chi connectivity index (χ0n) is 5.37. The maximum atomic E-state index is 10.1. The Morgan fingerprint density at radius 2 is 2.44 bits per heavy atom. The Hall–Kier alpha value is -0.470. The molecule has 0 radical (unpaired) electrons. The fourth-order valence-electron chi connectivity index (χ4n) is 0.380. The first-order valence-electron chi connectivity index (χ1n) is 2.37. The molecule has 0 heterocycles. The van der Waals surface area contributed by atoms with Crippen LogP contribution in [0.3, 0.4) is 0 Å². The zero-order chi connectivity index (χ0) is 7.28. The van der Waals surface area contributed by atoms with Gasteiger partial charge in [-0.2, -0.15) is 4.89 Å². The molecule has 0 aliphatic rings. The van der Waals surface area contributed by atoms with E-state index in [0.29, 0.717) is 5.71 Å². The highest BCUT2D eigenvalue weighted by atomic mass is 31.1. The Morgan fingerprint density at radius 3 is 2.78 bits per heavy atom. The smallest absolute Gasteiger partial charge is 0.399 e. The average Bonchev–Trinajstić information content (AvgIpc) is 1.63. The average molecular weight is 150 g/mol. The van der Waals surface area contributed by atoms with Crippen molar-refractivity contribution in [2.75, 3.05) is 13.3 Å². The minimum Gasteiger partial charge on any atom is -0.399 e. The van der Waals surface area contributed by atoms with Gasteiger partial charge in [-0.15, -0.1) is 0 Å². The molecule has 0 saturated carbocycles. The molecule has 0 aliphatic heterocycles. The molecular weight excluding hydrogens is 141 g/mol. The predicted octanol–water partition coefficient (Wildman–Crippen LogP) is 0.743. The van der Waals surface area contributed by atoms with Crippen molar-refractivity contribution in [3.05, 3.63) is 0 Å². The minimum atomic E-state index is -2.11. The van der Waals surface area contributed by atoms with Crippen molar-refractivity contribution in [3.8, 4) is 0 Å². The standard InChI is InChI=1S/C4H8NO3P/c1-4(5-8-2)3-9(6)7/h3H2,1-2H3/p+1. The molecule has 5 heteroatoms. The summed E-state index contributed by atoms with van der Waals surface area (Å²) in [5.74, 6) is 0. The summed E-state index contributed by atoms with van der Waals surface area (Å²) in [6.45, 7) is 1.63. The second-order valence-corrected chi connectivity index (χ2v) is 2.54. The molecule has 0 bridgehead atoms. The Balaban J connectivity index is 3.62. The lowest BCUT2D eigenvalue weighted by molar-refractivity contribution is 0.213. The van der Waals surface area contributed by atoms with Crippen molar-refractivity contribution in [1.29, 1.82) is 0 Å². The topological polar surface area (TPSA) is 58.9 Å². The lowest BCUT2D eigenvalue weighted by Crippen LogP contribution is -1.94. The van der Waals surface area contributed by atoms with Gasteiger partial charge in [0.05, 0.1) is 0 Å². The number of rotatable bonds is 3. The molecule has 1 atom stereocenters. The third-order valence-corrected chi connectivity index (χ3v) is 1.34. The van der Waals surface area contributed by atoms with Crippen LogP contribution in [0.1, 0.15) is 6.92 Å². The molecular formula is C4H9NO3P+. The fourth-order valence-corrected chi connectivity index (χ4v) is 0.830. The quantitative estimate of drug-likeness (QED) is 0.366. The monoisotopic (exact) mass is 150 g/mol. The van der Waals surface area contributed by atoms with Crippen LogP contribution < -0.4 is 0 Å². The van der Waals surface area contributed by atoms with Crippen LogP contribution in [0.2, 0.25) is 0 Å². The van der Waals surface area contributed by atoms with Gasteiger partial charge in [0, 0.05) is 0 Å². The van der Waals surface area contributed by atoms with Crippen molar-refractivity contribution in [1.82, 2.24) is 0 Å². The summed E-state index contributed by atoms with van der Waals surface area (Å²) in [5, 5.41) is 3.44. The number of hydrogen-bond acceptors (Lipinski definition) is 3. The Labute approximate surface area is 54.4 Å². The van der Waals surface area contributed by atoms with Crippen molar-refractivity contribution >= 4 is 13.7 Å². The largest absolute Gasteiger partial charge is 0.511 e. The molecule has 0 rings (SSSR count). The van der Waals surface area contributed by atoms with Crippen LogP contribution in [0, 0.1) is 0 Å². The van der Waals surface area contributed by atoms with Crippen LogP contribution in [0.15, 0.2) is 5.16 Å². The van der Waals surface area contributed by atoms with E-state index in [4.69, 9.17) is 4.89 Å². The highest BCUT2D eigenvalue weighted by Gasteiger charge is 2.11. The Kier molecular flexibility index (Phi) is 4.18. The van der Waals surface area contributed by atoms with E-state index in [9.17, 15) is 4.57 Å². The van der Waals surface area contributed by atoms with Gasteiger partial charge in [-0.1, -0.05) is 5.16 Å². The highest BCUT2D eigenvalue weighted by Crippen LogP contribution is 2.11. The van der Waals surface area contributed by atoms with Crippen LogP contribution in [0.25, 0.3) is 0 Å².